The molecular formula is C23H28N4O5S3. The van der Waals surface area contributed by atoms with Crippen LogP contribution in [0.5, 0.6) is 5.75 Å². The van der Waals surface area contributed by atoms with Crippen molar-refractivity contribution in [3.05, 3.63) is 66.3 Å². The second kappa shape index (κ2) is 10.2. The van der Waals surface area contributed by atoms with Crippen molar-refractivity contribution in [3.63, 3.8) is 0 Å². The lowest BCUT2D eigenvalue weighted by Crippen LogP contribution is -2.59. The number of hydrogen-bond donors (Lipinski definition) is 1. The number of benzene rings is 1. The molecule has 188 valence electrons. The Hall–Kier alpha value is -2.51. The van der Waals surface area contributed by atoms with Crippen molar-refractivity contribution >= 4 is 37.1 Å². The molecule has 1 N–H and O–H groups in total. The highest BCUT2D eigenvalue weighted by Crippen LogP contribution is 2.29. The first-order chi connectivity index (χ1) is 16.6. The number of piperazine rings is 1. The standard InChI is InChI=1S/C23H28N4O5S3/c1-18(2)27(34(29,30)22-5-3-11-24-15-22)17-20-16-25(35(31,32)23-6-4-14-33-23)12-13-26(20)19-7-9-21(28)10-8-19/h3-11,14-15,18,20,28H,12-13,16-17H2,1-2H3/t20-/m1/s1. The van der Waals surface area contributed by atoms with E-state index in [1.54, 1.807) is 61.7 Å². The van der Waals surface area contributed by atoms with Crippen LogP contribution in [0.3, 0.4) is 0 Å². The number of anilines is 1. The molecule has 12 heteroatoms. The smallest absolute Gasteiger partial charge is 0.252 e. The predicted molar refractivity (Wildman–Crippen MR) is 136 cm³/mol. The average Bonchev–Trinajstić information content (AvgIpc) is 3.39. The Morgan fingerprint density at radius 3 is 2.43 bits per heavy atom. The second-order valence-corrected chi connectivity index (χ2v) is 13.5. The molecule has 0 aliphatic carbocycles. The van der Waals surface area contributed by atoms with Crippen molar-refractivity contribution in [3.8, 4) is 5.75 Å². The van der Waals surface area contributed by atoms with Gasteiger partial charge < -0.3 is 10.0 Å². The molecule has 4 rings (SSSR count). The third-order valence-electron chi connectivity index (χ3n) is 5.92. The van der Waals surface area contributed by atoms with Crippen molar-refractivity contribution in [2.45, 2.75) is 35.0 Å². The number of rotatable bonds is 8. The molecular weight excluding hydrogens is 508 g/mol. The fraction of sp³-hybridized carbons (Fsp3) is 0.348. The lowest BCUT2D eigenvalue weighted by Gasteiger charge is -2.44. The number of sulfonamides is 2. The number of pyridine rings is 1. The molecule has 0 bridgehead atoms. The van der Waals surface area contributed by atoms with Crippen LogP contribution in [0.2, 0.25) is 0 Å². The van der Waals surface area contributed by atoms with Gasteiger partial charge >= 0.3 is 0 Å². The Labute approximate surface area is 210 Å². The van der Waals surface area contributed by atoms with E-state index in [1.807, 2.05) is 4.90 Å². The van der Waals surface area contributed by atoms with Crippen LogP contribution in [0.4, 0.5) is 5.69 Å². The summed E-state index contributed by atoms with van der Waals surface area (Å²) < 4.78 is 56.6. The van der Waals surface area contributed by atoms with E-state index in [0.29, 0.717) is 6.54 Å². The topological polar surface area (TPSA) is 111 Å². The summed E-state index contributed by atoms with van der Waals surface area (Å²) in [6.07, 6.45) is 2.83. The highest BCUT2D eigenvalue weighted by atomic mass is 32.2. The van der Waals surface area contributed by atoms with E-state index in [9.17, 15) is 21.9 Å². The number of phenolic OH excluding ortho intramolecular Hbond substituents is 1. The first-order valence-electron chi connectivity index (χ1n) is 11.1. The van der Waals surface area contributed by atoms with Crippen LogP contribution in [0, 0.1) is 0 Å². The number of hydrogen-bond acceptors (Lipinski definition) is 8. The maximum absolute atomic E-state index is 13.5. The molecule has 1 aliphatic heterocycles. The lowest BCUT2D eigenvalue weighted by molar-refractivity contribution is 0.269. The van der Waals surface area contributed by atoms with E-state index in [-0.39, 0.29) is 40.5 Å². The minimum atomic E-state index is -3.87. The number of phenols is 1. The average molecular weight is 537 g/mol. The van der Waals surface area contributed by atoms with Gasteiger partial charge in [0.15, 0.2) is 0 Å². The summed E-state index contributed by atoms with van der Waals surface area (Å²) >= 11 is 1.16. The number of aromatic hydroxyl groups is 1. The summed E-state index contributed by atoms with van der Waals surface area (Å²) in [4.78, 5) is 6.05. The molecule has 1 aromatic carbocycles. The van der Waals surface area contributed by atoms with E-state index in [4.69, 9.17) is 0 Å². The second-order valence-electron chi connectivity index (χ2n) is 8.52. The first-order valence-corrected chi connectivity index (χ1v) is 14.9. The van der Waals surface area contributed by atoms with Gasteiger partial charge in [-0.25, -0.2) is 16.8 Å². The normalized spacial score (nSPS) is 17.8. The van der Waals surface area contributed by atoms with Gasteiger partial charge in [-0.05, 0) is 61.7 Å². The molecule has 1 aliphatic rings. The van der Waals surface area contributed by atoms with Crippen LogP contribution in [-0.2, 0) is 20.0 Å². The van der Waals surface area contributed by atoms with Crippen LogP contribution in [0.15, 0.2) is 75.4 Å². The maximum atomic E-state index is 13.5. The predicted octanol–water partition coefficient (Wildman–Crippen LogP) is 2.83. The fourth-order valence-corrected chi connectivity index (χ4v) is 8.40. The highest BCUT2D eigenvalue weighted by Gasteiger charge is 2.38. The lowest BCUT2D eigenvalue weighted by atomic mass is 10.1. The molecule has 1 fully saturated rings. The van der Waals surface area contributed by atoms with Gasteiger partial charge in [0.2, 0.25) is 10.0 Å². The fourth-order valence-electron chi connectivity index (χ4n) is 4.15. The zero-order valence-corrected chi connectivity index (χ0v) is 21.9. The third kappa shape index (κ3) is 5.36. The van der Waals surface area contributed by atoms with Gasteiger partial charge in [-0.1, -0.05) is 6.07 Å². The maximum Gasteiger partial charge on any atom is 0.252 e. The van der Waals surface area contributed by atoms with Crippen LogP contribution in [0.25, 0.3) is 0 Å². The quantitative estimate of drug-likeness (QED) is 0.471. The molecule has 1 saturated heterocycles. The summed E-state index contributed by atoms with van der Waals surface area (Å²) in [6.45, 7) is 4.41. The molecule has 2 aromatic heterocycles. The minimum absolute atomic E-state index is 0.0756. The Morgan fingerprint density at radius 1 is 1.09 bits per heavy atom. The van der Waals surface area contributed by atoms with Crippen molar-refractivity contribution in [1.29, 1.82) is 0 Å². The first kappa shape index (κ1) is 25.6. The van der Waals surface area contributed by atoms with Gasteiger partial charge in [-0.15, -0.1) is 11.3 Å². The van der Waals surface area contributed by atoms with Gasteiger partial charge in [0.1, 0.15) is 14.9 Å². The Morgan fingerprint density at radius 2 is 1.83 bits per heavy atom. The number of aromatic nitrogens is 1. The third-order valence-corrected chi connectivity index (χ3v) is 11.2. The molecule has 0 saturated carbocycles. The molecule has 0 amide bonds. The molecule has 0 spiro atoms. The molecule has 3 heterocycles. The number of thiophene rings is 1. The van der Waals surface area contributed by atoms with Crippen LogP contribution >= 0.6 is 11.3 Å². The van der Waals surface area contributed by atoms with E-state index in [1.165, 1.54) is 27.1 Å². The van der Waals surface area contributed by atoms with Crippen LogP contribution < -0.4 is 4.90 Å². The van der Waals surface area contributed by atoms with Gasteiger partial charge in [0.25, 0.3) is 10.0 Å². The number of nitrogens with zero attached hydrogens (tertiary/aromatic N) is 4. The zero-order chi connectivity index (χ0) is 25.2. The molecule has 0 radical (unpaired) electrons. The summed E-state index contributed by atoms with van der Waals surface area (Å²) in [6, 6.07) is 12.2. The molecule has 35 heavy (non-hydrogen) atoms. The van der Waals surface area contributed by atoms with E-state index in [2.05, 4.69) is 4.98 Å². The SMILES string of the molecule is CC(C)N(C[C@H]1CN(S(=O)(=O)c2cccs2)CCN1c1ccc(O)cc1)S(=O)(=O)c1cccnc1. The van der Waals surface area contributed by atoms with Crippen molar-refractivity contribution in [1.82, 2.24) is 13.6 Å². The highest BCUT2D eigenvalue weighted by molar-refractivity contribution is 7.91. The monoisotopic (exact) mass is 536 g/mol. The zero-order valence-electron chi connectivity index (χ0n) is 19.4. The molecule has 0 unspecified atom stereocenters. The van der Waals surface area contributed by atoms with E-state index in [0.717, 1.165) is 17.0 Å². The van der Waals surface area contributed by atoms with Gasteiger partial charge in [0.05, 0.1) is 6.04 Å². The van der Waals surface area contributed by atoms with Gasteiger partial charge in [-0.3, -0.25) is 4.98 Å². The van der Waals surface area contributed by atoms with Gasteiger partial charge in [-0.2, -0.15) is 8.61 Å². The summed E-state index contributed by atoms with van der Waals surface area (Å²) in [5, 5.41) is 11.4. The molecule has 9 nitrogen and oxygen atoms in total. The summed E-state index contributed by atoms with van der Waals surface area (Å²) in [5.41, 5.74) is 0.781. The van der Waals surface area contributed by atoms with E-state index >= 15 is 0 Å². The largest absolute Gasteiger partial charge is 0.508 e. The van der Waals surface area contributed by atoms with Crippen molar-refractivity contribution in [2.24, 2.45) is 0 Å². The van der Waals surface area contributed by atoms with Crippen molar-refractivity contribution < 1.29 is 21.9 Å². The Balaban J connectivity index is 1.69. The van der Waals surface area contributed by atoms with Crippen LogP contribution in [-0.4, -0.2) is 73.8 Å². The van der Waals surface area contributed by atoms with Crippen molar-refractivity contribution in [2.75, 3.05) is 31.1 Å². The Kier molecular flexibility index (Phi) is 7.48. The summed E-state index contributed by atoms with van der Waals surface area (Å²) in [7, 11) is -7.57. The molecule has 1 atom stereocenters. The summed E-state index contributed by atoms with van der Waals surface area (Å²) in [5.74, 6) is 0.118. The molecule has 3 aromatic rings. The minimum Gasteiger partial charge on any atom is -0.508 e. The van der Waals surface area contributed by atoms with E-state index < -0.39 is 26.1 Å². The van der Waals surface area contributed by atoms with Gasteiger partial charge in [0, 0.05) is 50.3 Å². The Bertz CT molecular complexity index is 1330. The van der Waals surface area contributed by atoms with Crippen LogP contribution in [0.1, 0.15) is 13.8 Å².